The second-order valence-electron chi connectivity index (χ2n) is 4.72. The van der Waals surface area contributed by atoms with Crippen LogP contribution in [0.25, 0.3) is 0 Å². The van der Waals surface area contributed by atoms with Crippen molar-refractivity contribution in [1.29, 1.82) is 0 Å². The van der Waals surface area contributed by atoms with E-state index in [4.69, 9.17) is 11.6 Å². The lowest BCUT2D eigenvalue weighted by atomic mass is 10.2. The Hall–Kier alpha value is -1.11. The smallest absolute Gasteiger partial charge is 0.251 e. The Morgan fingerprint density at radius 3 is 2.50 bits per heavy atom. The third kappa shape index (κ3) is 3.71. The summed E-state index contributed by atoms with van der Waals surface area (Å²) in [5, 5.41) is 2.88. The molecule has 1 aromatic carbocycles. The van der Waals surface area contributed by atoms with E-state index in [1.807, 2.05) is 13.8 Å². The number of hydrogen-bond donors (Lipinski definition) is 1. The van der Waals surface area contributed by atoms with E-state index in [0.29, 0.717) is 0 Å². The Balaban J connectivity index is 3.19. The fourth-order valence-electron chi connectivity index (χ4n) is 1.45. The third-order valence-electron chi connectivity index (χ3n) is 2.94. The second-order valence-corrected chi connectivity index (χ2v) is 7.24. The first-order valence-electron chi connectivity index (χ1n) is 6.23. The fraction of sp³-hybridized carbons (Fsp3) is 0.462. The summed E-state index contributed by atoms with van der Waals surface area (Å²) in [4.78, 5) is 11.9. The normalized spacial score (nSPS) is 13.3. The van der Waals surface area contributed by atoms with Crippen LogP contribution >= 0.6 is 11.6 Å². The molecule has 0 saturated heterocycles. The van der Waals surface area contributed by atoms with Gasteiger partial charge in [0.05, 0.1) is 5.02 Å². The molecule has 0 aromatic heterocycles. The minimum absolute atomic E-state index is 0.0204. The van der Waals surface area contributed by atoms with Crippen LogP contribution in [0.3, 0.4) is 0 Å². The molecule has 0 radical (unpaired) electrons. The quantitative estimate of drug-likeness (QED) is 0.904. The molecule has 0 saturated carbocycles. The Morgan fingerprint density at radius 1 is 1.40 bits per heavy atom. The molecule has 0 heterocycles. The number of amides is 1. The molecular formula is C13H19ClN2O3S. The summed E-state index contributed by atoms with van der Waals surface area (Å²) in [5.41, 5.74) is 0.273. The Kier molecular flexibility index (Phi) is 5.56. The van der Waals surface area contributed by atoms with Crippen LogP contribution in [0.15, 0.2) is 23.1 Å². The molecular weight excluding hydrogens is 300 g/mol. The molecule has 112 valence electrons. The summed E-state index contributed by atoms with van der Waals surface area (Å²) in [6, 6.07) is 4.25. The molecule has 1 atom stereocenters. The summed E-state index contributed by atoms with van der Waals surface area (Å²) >= 11 is 5.92. The summed E-state index contributed by atoms with van der Waals surface area (Å²) < 4.78 is 25.3. The van der Waals surface area contributed by atoms with E-state index in [0.717, 1.165) is 10.7 Å². The average molecular weight is 319 g/mol. The Morgan fingerprint density at radius 2 is 2.00 bits per heavy atom. The SMILES string of the molecule is CCC(C)NC(=O)c1ccc(Cl)c(S(=O)(=O)N(C)C)c1. The van der Waals surface area contributed by atoms with Crippen molar-refractivity contribution in [3.05, 3.63) is 28.8 Å². The lowest BCUT2D eigenvalue weighted by Gasteiger charge is -2.15. The zero-order valence-electron chi connectivity index (χ0n) is 12.0. The second kappa shape index (κ2) is 6.56. The van der Waals surface area contributed by atoms with Crippen LogP contribution in [0.5, 0.6) is 0 Å². The van der Waals surface area contributed by atoms with Gasteiger partial charge in [-0.2, -0.15) is 0 Å². The Labute approximate surface area is 125 Å². The zero-order chi connectivity index (χ0) is 15.5. The summed E-state index contributed by atoms with van der Waals surface area (Å²) in [5.74, 6) is -0.314. The number of carbonyl (C=O) groups is 1. The molecule has 0 fully saturated rings. The van der Waals surface area contributed by atoms with E-state index < -0.39 is 10.0 Å². The molecule has 1 rings (SSSR count). The van der Waals surface area contributed by atoms with Crippen molar-refractivity contribution < 1.29 is 13.2 Å². The van der Waals surface area contributed by atoms with Gasteiger partial charge in [-0.05, 0) is 31.5 Å². The lowest BCUT2D eigenvalue weighted by molar-refractivity contribution is 0.0939. The highest BCUT2D eigenvalue weighted by atomic mass is 35.5. The predicted molar refractivity (Wildman–Crippen MR) is 79.5 cm³/mol. The van der Waals surface area contributed by atoms with Gasteiger partial charge >= 0.3 is 0 Å². The zero-order valence-corrected chi connectivity index (χ0v) is 13.5. The maximum atomic E-state index is 12.1. The van der Waals surface area contributed by atoms with Gasteiger partial charge in [-0.25, -0.2) is 12.7 Å². The summed E-state index contributed by atoms with van der Waals surface area (Å²) in [6.45, 7) is 3.83. The molecule has 0 aliphatic carbocycles. The maximum Gasteiger partial charge on any atom is 0.251 e. The van der Waals surface area contributed by atoms with E-state index in [-0.39, 0.29) is 27.4 Å². The van der Waals surface area contributed by atoms with Crippen LogP contribution in [-0.2, 0) is 10.0 Å². The van der Waals surface area contributed by atoms with Crippen molar-refractivity contribution >= 4 is 27.5 Å². The largest absolute Gasteiger partial charge is 0.350 e. The van der Waals surface area contributed by atoms with Crippen molar-refractivity contribution in [3.8, 4) is 0 Å². The first-order chi connectivity index (χ1) is 9.20. The molecule has 0 bridgehead atoms. The van der Waals surface area contributed by atoms with Crippen molar-refractivity contribution in [2.45, 2.75) is 31.2 Å². The van der Waals surface area contributed by atoms with Gasteiger partial charge < -0.3 is 5.32 Å². The molecule has 1 unspecified atom stereocenters. The van der Waals surface area contributed by atoms with E-state index in [2.05, 4.69) is 5.32 Å². The molecule has 5 nitrogen and oxygen atoms in total. The molecule has 0 aliphatic heterocycles. The standard InChI is InChI=1S/C13H19ClN2O3S/c1-5-9(2)15-13(17)10-6-7-11(14)12(8-10)20(18,19)16(3)4/h6-9H,5H2,1-4H3,(H,15,17). The van der Waals surface area contributed by atoms with E-state index in [1.54, 1.807) is 0 Å². The average Bonchev–Trinajstić information content (AvgIpc) is 2.38. The predicted octanol–water partition coefficient (Wildman–Crippen LogP) is 2.12. The number of carbonyl (C=O) groups excluding carboxylic acids is 1. The van der Waals surface area contributed by atoms with Gasteiger partial charge in [-0.15, -0.1) is 0 Å². The first-order valence-corrected chi connectivity index (χ1v) is 8.05. The van der Waals surface area contributed by atoms with Crippen molar-refractivity contribution in [2.24, 2.45) is 0 Å². The molecule has 1 amide bonds. The van der Waals surface area contributed by atoms with Crippen LogP contribution in [0.1, 0.15) is 30.6 Å². The third-order valence-corrected chi connectivity index (χ3v) is 5.24. The highest BCUT2D eigenvalue weighted by Crippen LogP contribution is 2.24. The highest BCUT2D eigenvalue weighted by molar-refractivity contribution is 7.89. The van der Waals surface area contributed by atoms with Gasteiger partial charge in [0, 0.05) is 25.7 Å². The number of nitrogens with one attached hydrogen (secondary N) is 1. The molecule has 1 aromatic rings. The Bertz CT molecular complexity index is 600. The van der Waals surface area contributed by atoms with E-state index >= 15 is 0 Å². The minimum atomic E-state index is -3.68. The molecule has 7 heteroatoms. The summed E-state index contributed by atoms with van der Waals surface area (Å²) in [6.07, 6.45) is 0.794. The monoisotopic (exact) mass is 318 g/mol. The van der Waals surface area contributed by atoms with Crippen LogP contribution < -0.4 is 5.32 Å². The minimum Gasteiger partial charge on any atom is -0.350 e. The van der Waals surface area contributed by atoms with Crippen LogP contribution in [0.4, 0.5) is 0 Å². The number of rotatable bonds is 5. The van der Waals surface area contributed by atoms with E-state index in [1.165, 1.54) is 32.3 Å². The van der Waals surface area contributed by atoms with Crippen LogP contribution in [-0.4, -0.2) is 38.8 Å². The molecule has 1 N–H and O–H groups in total. The number of halogens is 1. The van der Waals surface area contributed by atoms with Crippen molar-refractivity contribution in [1.82, 2.24) is 9.62 Å². The van der Waals surface area contributed by atoms with Crippen LogP contribution in [0.2, 0.25) is 5.02 Å². The van der Waals surface area contributed by atoms with Gasteiger partial charge in [0.15, 0.2) is 0 Å². The lowest BCUT2D eigenvalue weighted by Crippen LogP contribution is -2.32. The van der Waals surface area contributed by atoms with Crippen LogP contribution in [0, 0.1) is 0 Å². The van der Waals surface area contributed by atoms with Gasteiger partial charge in [0.2, 0.25) is 10.0 Å². The number of hydrogen-bond acceptors (Lipinski definition) is 3. The van der Waals surface area contributed by atoms with Gasteiger partial charge in [-0.1, -0.05) is 18.5 Å². The fourth-order valence-corrected chi connectivity index (χ4v) is 2.84. The number of sulfonamides is 1. The maximum absolute atomic E-state index is 12.1. The van der Waals surface area contributed by atoms with Crippen molar-refractivity contribution in [3.63, 3.8) is 0 Å². The first kappa shape index (κ1) is 16.9. The number of nitrogens with zero attached hydrogens (tertiary/aromatic N) is 1. The highest BCUT2D eigenvalue weighted by Gasteiger charge is 2.22. The van der Waals surface area contributed by atoms with Gasteiger partial charge in [-0.3, -0.25) is 4.79 Å². The number of benzene rings is 1. The van der Waals surface area contributed by atoms with Gasteiger partial charge in [0.1, 0.15) is 4.90 Å². The molecule has 0 spiro atoms. The van der Waals surface area contributed by atoms with Gasteiger partial charge in [0.25, 0.3) is 5.91 Å². The summed E-state index contributed by atoms with van der Waals surface area (Å²) in [7, 11) is -0.848. The molecule has 20 heavy (non-hydrogen) atoms. The topological polar surface area (TPSA) is 66.5 Å². The van der Waals surface area contributed by atoms with E-state index in [9.17, 15) is 13.2 Å². The van der Waals surface area contributed by atoms with Crippen molar-refractivity contribution in [2.75, 3.05) is 14.1 Å². The molecule has 0 aliphatic rings.